The number of piperidine rings is 1. The molecule has 0 saturated carbocycles. The summed E-state index contributed by atoms with van der Waals surface area (Å²) in [5, 5.41) is 7.66. The van der Waals surface area contributed by atoms with Crippen LogP contribution in [0.3, 0.4) is 0 Å². The second-order valence-electron chi connectivity index (χ2n) is 9.18. The van der Waals surface area contributed by atoms with Crippen molar-refractivity contribution in [1.29, 1.82) is 0 Å². The number of hydrogen-bond acceptors (Lipinski definition) is 3. The summed E-state index contributed by atoms with van der Waals surface area (Å²) in [6.45, 7) is 3.44. The van der Waals surface area contributed by atoms with Crippen LogP contribution in [0.25, 0.3) is 11.1 Å². The predicted octanol–water partition coefficient (Wildman–Crippen LogP) is 4.92. The molecule has 2 aromatic carbocycles. The first-order chi connectivity index (χ1) is 15.5. The molecule has 4 nitrogen and oxygen atoms in total. The smallest absolute Gasteiger partial charge is 0.135 e. The number of hydrogen-bond donors (Lipinski definition) is 1. The lowest BCUT2D eigenvalue weighted by molar-refractivity contribution is 0.173. The molecule has 2 aliphatic rings. The van der Waals surface area contributed by atoms with Gasteiger partial charge in [-0.25, -0.2) is 8.78 Å². The van der Waals surface area contributed by atoms with Gasteiger partial charge in [-0.15, -0.1) is 0 Å². The molecule has 3 aromatic rings. The van der Waals surface area contributed by atoms with E-state index in [1.54, 1.807) is 4.68 Å². The van der Waals surface area contributed by atoms with Gasteiger partial charge in [0.2, 0.25) is 0 Å². The van der Waals surface area contributed by atoms with Crippen molar-refractivity contribution < 1.29 is 8.78 Å². The van der Waals surface area contributed by atoms with Crippen molar-refractivity contribution in [1.82, 2.24) is 15.1 Å². The van der Waals surface area contributed by atoms with Crippen LogP contribution < -0.4 is 10.2 Å². The SMILES string of the molecule is CC1CCc2c(ccc(-c3cnn(C4CCNCC4F)c3)c2Cc2ccc(F)cc2)N1C. The zero-order valence-corrected chi connectivity index (χ0v) is 18.7. The largest absolute Gasteiger partial charge is 0.372 e. The van der Waals surface area contributed by atoms with Crippen LogP contribution in [0.15, 0.2) is 48.8 Å². The highest BCUT2D eigenvalue weighted by molar-refractivity contribution is 5.74. The second kappa shape index (κ2) is 8.66. The van der Waals surface area contributed by atoms with E-state index < -0.39 is 6.17 Å². The maximum Gasteiger partial charge on any atom is 0.135 e. The average molecular weight is 437 g/mol. The molecule has 1 N–H and O–H groups in total. The van der Waals surface area contributed by atoms with Crippen molar-refractivity contribution in [3.8, 4) is 11.1 Å². The van der Waals surface area contributed by atoms with Gasteiger partial charge in [-0.05, 0) is 79.6 Å². The number of halogens is 2. The van der Waals surface area contributed by atoms with Gasteiger partial charge in [0.05, 0.1) is 12.2 Å². The summed E-state index contributed by atoms with van der Waals surface area (Å²) in [4.78, 5) is 2.35. The van der Waals surface area contributed by atoms with E-state index >= 15 is 0 Å². The topological polar surface area (TPSA) is 33.1 Å². The number of anilines is 1. The normalized spacial score (nSPS) is 23.2. The maximum atomic E-state index is 14.5. The molecule has 6 heteroatoms. The number of fused-ring (bicyclic) bond motifs is 1. The molecule has 0 amide bonds. The summed E-state index contributed by atoms with van der Waals surface area (Å²) in [6.07, 6.45) is 6.49. The molecule has 1 fully saturated rings. The Hall–Kier alpha value is -2.73. The Balaban J connectivity index is 1.57. The van der Waals surface area contributed by atoms with Crippen LogP contribution >= 0.6 is 0 Å². The minimum Gasteiger partial charge on any atom is -0.372 e. The predicted molar refractivity (Wildman–Crippen MR) is 124 cm³/mol. The number of benzene rings is 2. The fraction of sp³-hybridized carbons (Fsp3) is 0.423. The molecule has 32 heavy (non-hydrogen) atoms. The molecule has 1 saturated heterocycles. The van der Waals surface area contributed by atoms with Crippen LogP contribution in [0.1, 0.15) is 42.5 Å². The van der Waals surface area contributed by atoms with Crippen LogP contribution in [-0.4, -0.2) is 42.1 Å². The molecule has 1 aromatic heterocycles. The quantitative estimate of drug-likeness (QED) is 0.630. The molecule has 2 aliphatic heterocycles. The molecule has 0 bridgehead atoms. The first kappa shape index (κ1) is 21.1. The summed E-state index contributed by atoms with van der Waals surface area (Å²) in [5.41, 5.74) is 7.10. The molecule has 3 heterocycles. The van der Waals surface area contributed by atoms with E-state index in [2.05, 4.69) is 41.4 Å². The van der Waals surface area contributed by atoms with Crippen molar-refractivity contribution in [2.75, 3.05) is 25.0 Å². The fourth-order valence-corrected chi connectivity index (χ4v) is 5.12. The van der Waals surface area contributed by atoms with Crippen molar-refractivity contribution in [2.45, 2.75) is 50.9 Å². The minimum absolute atomic E-state index is 0.221. The number of aromatic nitrogens is 2. The number of alkyl halides is 1. The van der Waals surface area contributed by atoms with Crippen molar-refractivity contribution in [3.63, 3.8) is 0 Å². The Bertz CT molecular complexity index is 1090. The minimum atomic E-state index is -0.936. The van der Waals surface area contributed by atoms with Gasteiger partial charge in [0.1, 0.15) is 12.0 Å². The lowest BCUT2D eigenvalue weighted by atomic mass is 9.86. The monoisotopic (exact) mass is 436 g/mol. The van der Waals surface area contributed by atoms with E-state index in [1.165, 1.54) is 28.9 Å². The van der Waals surface area contributed by atoms with E-state index in [0.717, 1.165) is 48.9 Å². The molecular formula is C26H30F2N4. The van der Waals surface area contributed by atoms with Gasteiger partial charge < -0.3 is 10.2 Å². The van der Waals surface area contributed by atoms with Crippen molar-refractivity contribution in [2.24, 2.45) is 0 Å². The first-order valence-electron chi connectivity index (χ1n) is 11.5. The molecule has 0 aliphatic carbocycles. The van der Waals surface area contributed by atoms with Crippen LogP contribution in [0.4, 0.5) is 14.5 Å². The fourth-order valence-electron chi connectivity index (χ4n) is 5.12. The Morgan fingerprint density at radius 3 is 2.72 bits per heavy atom. The Morgan fingerprint density at radius 2 is 1.94 bits per heavy atom. The molecule has 3 unspecified atom stereocenters. The zero-order chi connectivity index (χ0) is 22.2. The highest BCUT2D eigenvalue weighted by Gasteiger charge is 2.28. The summed E-state index contributed by atoms with van der Waals surface area (Å²) >= 11 is 0. The van der Waals surface area contributed by atoms with Crippen molar-refractivity contribution in [3.05, 3.63) is 71.3 Å². The van der Waals surface area contributed by atoms with Gasteiger partial charge in [0.25, 0.3) is 0 Å². The molecular weight excluding hydrogens is 406 g/mol. The maximum absolute atomic E-state index is 14.5. The first-order valence-corrected chi connectivity index (χ1v) is 11.5. The van der Waals surface area contributed by atoms with Gasteiger partial charge in [0.15, 0.2) is 0 Å². The van der Waals surface area contributed by atoms with E-state index in [-0.39, 0.29) is 11.9 Å². The van der Waals surface area contributed by atoms with E-state index in [9.17, 15) is 8.78 Å². The summed E-state index contributed by atoms with van der Waals surface area (Å²) < 4.78 is 29.8. The standard InChI is InChI=1S/C26H30F2N4/c1-17-3-8-22-23(13-18-4-6-20(27)7-5-18)21(9-10-25(22)31(17)2)19-14-30-32(16-19)26-11-12-29-15-24(26)28/h4-7,9-10,14,16-17,24,26,29H,3,8,11-13,15H2,1-2H3. The van der Waals surface area contributed by atoms with Crippen LogP contribution in [-0.2, 0) is 12.8 Å². The van der Waals surface area contributed by atoms with Gasteiger partial charge in [-0.1, -0.05) is 18.2 Å². The van der Waals surface area contributed by atoms with Gasteiger partial charge in [-0.3, -0.25) is 4.68 Å². The third kappa shape index (κ3) is 3.92. The highest BCUT2D eigenvalue weighted by atomic mass is 19.1. The summed E-state index contributed by atoms with van der Waals surface area (Å²) in [5.74, 6) is -0.221. The van der Waals surface area contributed by atoms with Crippen LogP contribution in [0.2, 0.25) is 0 Å². The Kier molecular flexibility index (Phi) is 5.72. The number of nitrogens with zero attached hydrogens (tertiary/aromatic N) is 3. The summed E-state index contributed by atoms with van der Waals surface area (Å²) in [6, 6.07) is 11.4. The van der Waals surface area contributed by atoms with Crippen molar-refractivity contribution >= 4 is 5.69 Å². The van der Waals surface area contributed by atoms with E-state index in [1.807, 2.05) is 24.5 Å². The van der Waals surface area contributed by atoms with Gasteiger partial charge >= 0.3 is 0 Å². The molecule has 0 radical (unpaired) electrons. The summed E-state index contributed by atoms with van der Waals surface area (Å²) in [7, 11) is 2.15. The van der Waals surface area contributed by atoms with E-state index in [0.29, 0.717) is 12.6 Å². The second-order valence-corrected chi connectivity index (χ2v) is 9.18. The van der Waals surface area contributed by atoms with E-state index in [4.69, 9.17) is 0 Å². The number of rotatable bonds is 4. The number of nitrogens with one attached hydrogen (secondary N) is 1. The zero-order valence-electron chi connectivity index (χ0n) is 18.7. The van der Waals surface area contributed by atoms with Gasteiger partial charge in [-0.2, -0.15) is 5.10 Å². The third-order valence-electron chi connectivity index (χ3n) is 7.18. The van der Waals surface area contributed by atoms with Crippen LogP contribution in [0.5, 0.6) is 0 Å². The Labute approximate surface area is 188 Å². The van der Waals surface area contributed by atoms with Gasteiger partial charge in [0, 0.05) is 37.1 Å². The molecule has 5 rings (SSSR count). The lowest BCUT2D eigenvalue weighted by Gasteiger charge is -2.35. The Morgan fingerprint density at radius 1 is 1.12 bits per heavy atom. The molecule has 168 valence electrons. The van der Waals surface area contributed by atoms with Crippen LogP contribution in [0, 0.1) is 5.82 Å². The average Bonchev–Trinajstić information content (AvgIpc) is 3.28. The lowest BCUT2D eigenvalue weighted by Crippen LogP contribution is -2.39. The molecule has 3 atom stereocenters. The third-order valence-corrected chi connectivity index (χ3v) is 7.18. The molecule has 0 spiro atoms. The highest BCUT2D eigenvalue weighted by Crippen LogP contribution is 2.39.